The maximum Gasteiger partial charge on any atom is 0.335 e. The van der Waals surface area contributed by atoms with Crippen molar-refractivity contribution in [3.05, 3.63) is 59.3 Å². The smallest absolute Gasteiger partial charge is 0.335 e. The molecule has 2 rings (SSSR count). The number of hydrogen-bond donors (Lipinski definition) is 2. The summed E-state index contributed by atoms with van der Waals surface area (Å²) < 4.78 is 0. The van der Waals surface area contributed by atoms with E-state index in [1.165, 1.54) is 5.56 Å². The van der Waals surface area contributed by atoms with Crippen molar-refractivity contribution in [1.29, 1.82) is 0 Å². The quantitative estimate of drug-likeness (QED) is 0.853. The van der Waals surface area contributed by atoms with Crippen LogP contribution < -0.4 is 5.32 Å². The van der Waals surface area contributed by atoms with Gasteiger partial charge in [-0.15, -0.1) is 0 Å². The van der Waals surface area contributed by atoms with Gasteiger partial charge in [-0.05, 0) is 37.5 Å². The van der Waals surface area contributed by atoms with Gasteiger partial charge < -0.3 is 10.4 Å². The summed E-state index contributed by atoms with van der Waals surface area (Å²) in [4.78, 5) is 15.6. The predicted octanol–water partition coefficient (Wildman–Crippen LogP) is 3.39. The number of nitrogens with one attached hydrogen (secondary N) is 1. The second-order valence-corrected chi connectivity index (χ2v) is 5.13. The zero-order valence-electron chi connectivity index (χ0n) is 12.3. The normalized spacial score (nSPS) is 11.9. The highest BCUT2D eigenvalue weighted by Gasteiger charge is 2.10. The van der Waals surface area contributed by atoms with Crippen molar-refractivity contribution in [2.45, 2.75) is 32.7 Å². The Morgan fingerprint density at radius 3 is 2.62 bits per heavy atom. The molecule has 0 spiro atoms. The number of aromatic nitrogens is 1. The first kappa shape index (κ1) is 15.0. The van der Waals surface area contributed by atoms with Gasteiger partial charge in [0.1, 0.15) is 5.82 Å². The number of aromatic carboxylic acids is 1. The average molecular weight is 284 g/mol. The van der Waals surface area contributed by atoms with Gasteiger partial charge >= 0.3 is 5.97 Å². The minimum absolute atomic E-state index is 0.175. The van der Waals surface area contributed by atoms with Crippen molar-refractivity contribution in [1.82, 2.24) is 4.98 Å². The van der Waals surface area contributed by atoms with E-state index in [1.54, 1.807) is 12.1 Å². The lowest BCUT2D eigenvalue weighted by Crippen LogP contribution is -2.19. The molecular formula is C17H20N2O2. The van der Waals surface area contributed by atoms with Gasteiger partial charge in [-0.2, -0.15) is 0 Å². The summed E-state index contributed by atoms with van der Waals surface area (Å²) in [7, 11) is 0. The first-order chi connectivity index (χ1) is 10.1. The first-order valence-electron chi connectivity index (χ1n) is 7.13. The molecule has 1 unspecified atom stereocenters. The van der Waals surface area contributed by atoms with Gasteiger partial charge in [0.2, 0.25) is 0 Å². The van der Waals surface area contributed by atoms with Crippen molar-refractivity contribution < 1.29 is 9.90 Å². The second kappa shape index (κ2) is 6.88. The van der Waals surface area contributed by atoms with Crippen molar-refractivity contribution in [3.63, 3.8) is 0 Å². The summed E-state index contributed by atoms with van der Waals surface area (Å²) in [5, 5.41) is 12.4. The molecule has 0 saturated heterocycles. The number of anilines is 1. The number of hydrogen-bond acceptors (Lipinski definition) is 3. The topological polar surface area (TPSA) is 62.2 Å². The predicted molar refractivity (Wildman–Crippen MR) is 83.8 cm³/mol. The Labute approximate surface area is 124 Å². The molecule has 0 aliphatic rings. The molecule has 110 valence electrons. The Balaban J connectivity index is 2.11. The molecule has 4 nitrogen and oxygen atoms in total. The fraction of sp³-hybridized carbons (Fsp3) is 0.294. The number of nitrogens with zero attached hydrogens (tertiary/aromatic N) is 1. The van der Waals surface area contributed by atoms with E-state index in [1.807, 2.05) is 25.1 Å². The Morgan fingerprint density at radius 1 is 1.29 bits per heavy atom. The molecule has 0 fully saturated rings. The Hall–Kier alpha value is -2.36. The molecule has 0 amide bonds. The largest absolute Gasteiger partial charge is 0.478 e. The fourth-order valence-corrected chi connectivity index (χ4v) is 2.24. The molecule has 0 aliphatic carbocycles. The number of rotatable bonds is 6. The van der Waals surface area contributed by atoms with Gasteiger partial charge in [0, 0.05) is 11.7 Å². The van der Waals surface area contributed by atoms with E-state index in [0.29, 0.717) is 12.2 Å². The summed E-state index contributed by atoms with van der Waals surface area (Å²) in [5.41, 5.74) is 2.29. The van der Waals surface area contributed by atoms with Gasteiger partial charge in [0.15, 0.2) is 0 Å². The molecule has 1 aromatic carbocycles. The van der Waals surface area contributed by atoms with Gasteiger partial charge in [-0.1, -0.05) is 37.3 Å². The van der Waals surface area contributed by atoms with E-state index < -0.39 is 5.97 Å². The van der Waals surface area contributed by atoms with Crippen molar-refractivity contribution in [3.8, 4) is 0 Å². The van der Waals surface area contributed by atoms with Gasteiger partial charge in [-0.3, -0.25) is 0 Å². The highest BCUT2D eigenvalue weighted by molar-refractivity contribution is 5.88. The standard InChI is InChI=1S/C17H20N2O2/c1-3-15-10-14(17(20)21)11-16(19-15)18-12(2)9-13-7-5-4-6-8-13/h4-8,10-12H,3,9H2,1-2H3,(H,18,19)(H,20,21). The summed E-state index contributed by atoms with van der Waals surface area (Å²) >= 11 is 0. The molecule has 21 heavy (non-hydrogen) atoms. The van der Waals surface area contributed by atoms with Crippen LogP contribution in [0.15, 0.2) is 42.5 Å². The van der Waals surface area contributed by atoms with Crippen LogP contribution >= 0.6 is 0 Å². The molecule has 1 heterocycles. The highest BCUT2D eigenvalue weighted by Crippen LogP contribution is 2.14. The molecule has 0 bridgehead atoms. The fourth-order valence-electron chi connectivity index (χ4n) is 2.24. The third-order valence-corrected chi connectivity index (χ3v) is 3.27. The van der Waals surface area contributed by atoms with Crippen molar-refractivity contribution >= 4 is 11.8 Å². The molecule has 1 aromatic heterocycles. The van der Waals surface area contributed by atoms with Crippen molar-refractivity contribution in [2.24, 2.45) is 0 Å². The van der Waals surface area contributed by atoms with Gasteiger partial charge in [0.25, 0.3) is 0 Å². The van der Waals surface area contributed by atoms with E-state index in [9.17, 15) is 4.79 Å². The average Bonchev–Trinajstić information content (AvgIpc) is 2.47. The van der Waals surface area contributed by atoms with Gasteiger partial charge in [0.05, 0.1) is 5.56 Å². The van der Waals surface area contributed by atoms with Crippen LogP contribution in [0.25, 0.3) is 0 Å². The van der Waals surface area contributed by atoms with E-state index >= 15 is 0 Å². The van der Waals surface area contributed by atoms with Crippen LogP contribution in [0.4, 0.5) is 5.82 Å². The minimum Gasteiger partial charge on any atom is -0.478 e. The van der Waals surface area contributed by atoms with E-state index in [0.717, 1.165) is 12.1 Å². The SMILES string of the molecule is CCc1cc(C(=O)O)cc(NC(C)Cc2ccccc2)n1. The summed E-state index contributed by atoms with van der Waals surface area (Å²) in [6, 6.07) is 13.6. The Morgan fingerprint density at radius 2 is 2.00 bits per heavy atom. The Kier molecular flexibility index (Phi) is 4.93. The zero-order valence-corrected chi connectivity index (χ0v) is 12.3. The zero-order chi connectivity index (χ0) is 15.2. The van der Waals surface area contributed by atoms with Gasteiger partial charge in [-0.25, -0.2) is 9.78 Å². The number of aryl methyl sites for hydroxylation is 1. The van der Waals surface area contributed by atoms with E-state index in [-0.39, 0.29) is 11.6 Å². The van der Waals surface area contributed by atoms with Crippen LogP contribution in [0.2, 0.25) is 0 Å². The van der Waals surface area contributed by atoms with Crippen LogP contribution in [0.1, 0.15) is 35.5 Å². The number of carboxylic acids is 1. The summed E-state index contributed by atoms with van der Waals surface area (Å²) in [6.45, 7) is 4.03. The summed E-state index contributed by atoms with van der Waals surface area (Å²) in [6.07, 6.45) is 1.57. The maximum atomic E-state index is 11.1. The number of pyridine rings is 1. The third kappa shape index (κ3) is 4.31. The first-order valence-corrected chi connectivity index (χ1v) is 7.13. The number of carbonyl (C=O) groups is 1. The molecule has 2 N–H and O–H groups in total. The van der Waals surface area contributed by atoms with E-state index in [2.05, 4.69) is 29.4 Å². The third-order valence-electron chi connectivity index (χ3n) is 3.27. The molecular weight excluding hydrogens is 264 g/mol. The van der Waals surface area contributed by atoms with E-state index in [4.69, 9.17) is 5.11 Å². The lowest BCUT2D eigenvalue weighted by Gasteiger charge is -2.15. The molecule has 4 heteroatoms. The lowest BCUT2D eigenvalue weighted by atomic mass is 10.1. The molecule has 0 saturated carbocycles. The van der Waals surface area contributed by atoms with Crippen LogP contribution in [-0.4, -0.2) is 22.1 Å². The monoisotopic (exact) mass is 284 g/mol. The van der Waals surface area contributed by atoms with Crippen LogP contribution in [0.3, 0.4) is 0 Å². The molecule has 1 atom stereocenters. The maximum absolute atomic E-state index is 11.1. The van der Waals surface area contributed by atoms with Crippen LogP contribution in [0, 0.1) is 0 Å². The van der Waals surface area contributed by atoms with Crippen LogP contribution in [-0.2, 0) is 12.8 Å². The minimum atomic E-state index is -0.925. The molecule has 2 aromatic rings. The highest BCUT2D eigenvalue weighted by atomic mass is 16.4. The van der Waals surface area contributed by atoms with Crippen LogP contribution in [0.5, 0.6) is 0 Å². The lowest BCUT2D eigenvalue weighted by molar-refractivity contribution is 0.0696. The summed E-state index contributed by atoms with van der Waals surface area (Å²) in [5.74, 6) is -0.305. The molecule has 0 aliphatic heterocycles. The number of benzene rings is 1. The molecule has 0 radical (unpaired) electrons. The number of carboxylic acid groups (broad SMARTS) is 1. The van der Waals surface area contributed by atoms with Crippen molar-refractivity contribution in [2.75, 3.05) is 5.32 Å². The Bertz CT molecular complexity index is 611. The second-order valence-electron chi connectivity index (χ2n) is 5.13.